The Balaban J connectivity index is 2.28. The quantitative estimate of drug-likeness (QED) is 0.660. The molecule has 0 radical (unpaired) electrons. The van der Waals surface area contributed by atoms with Gasteiger partial charge in [-0.25, -0.2) is 17.6 Å². The summed E-state index contributed by atoms with van der Waals surface area (Å²) in [5.41, 5.74) is 0.485. The molecule has 2 aromatic rings. The standard InChI is InChI=1S/C20H23FN2O5S/c1-4-17(23(29(3,26)27)18-9-7-6-8-16(18)21)19(24)22-15-12-10-14(11-13-15)20(25)28-5-2/h6-13,17H,4-5H2,1-3H3,(H,22,24)/t17-/m0/s1. The molecule has 156 valence electrons. The van der Waals surface area contributed by atoms with E-state index in [-0.39, 0.29) is 18.7 Å². The van der Waals surface area contributed by atoms with Crippen LogP contribution in [0.2, 0.25) is 0 Å². The first-order chi connectivity index (χ1) is 13.7. The van der Waals surface area contributed by atoms with Gasteiger partial charge in [0.25, 0.3) is 0 Å². The molecule has 0 bridgehead atoms. The van der Waals surface area contributed by atoms with Crippen LogP contribution in [-0.2, 0) is 19.6 Å². The van der Waals surface area contributed by atoms with Crippen molar-refractivity contribution < 1.29 is 27.1 Å². The third-order valence-electron chi connectivity index (χ3n) is 4.08. The van der Waals surface area contributed by atoms with Crippen molar-refractivity contribution in [1.82, 2.24) is 0 Å². The molecule has 1 amide bonds. The third kappa shape index (κ3) is 5.54. The first-order valence-electron chi connectivity index (χ1n) is 9.01. The summed E-state index contributed by atoms with van der Waals surface area (Å²) < 4.78 is 44.6. The topological polar surface area (TPSA) is 92.8 Å². The lowest BCUT2D eigenvalue weighted by Gasteiger charge is -2.30. The normalized spacial score (nSPS) is 12.1. The van der Waals surface area contributed by atoms with E-state index < -0.39 is 33.8 Å². The predicted molar refractivity (Wildman–Crippen MR) is 109 cm³/mol. The van der Waals surface area contributed by atoms with Gasteiger partial charge in [-0.1, -0.05) is 19.1 Å². The summed E-state index contributed by atoms with van der Waals surface area (Å²) in [6.07, 6.45) is 1.04. The van der Waals surface area contributed by atoms with Crippen molar-refractivity contribution >= 4 is 33.3 Å². The van der Waals surface area contributed by atoms with Gasteiger partial charge in [0.15, 0.2) is 0 Å². The van der Waals surface area contributed by atoms with Gasteiger partial charge in [0.1, 0.15) is 11.9 Å². The Morgan fingerprint density at radius 3 is 2.24 bits per heavy atom. The smallest absolute Gasteiger partial charge is 0.338 e. The highest BCUT2D eigenvalue weighted by atomic mass is 32.2. The van der Waals surface area contributed by atoms with Gasteiger partial charge in [0.2, 0.25) is 15.9 Å². The highest BCUT2D eigenvalue weighted by Gasteiger charge is 2.33. The Bertz CT molecular complexity index is 977. The molecule has 0 spiro atoms. The van der Waals surface area contributed by atoms with E-state index in [2.05, 4.69) is 5.32 Å². The van der Waals surface area contributed by atoms with E-state index in [0.717, 1.165) is 16.6 Å². The number of carbonyl (C=O) groups excluding carboxylic acids is 2. The van der Waals surface area contributed by atoms with E-state index in [1.165, 1.54) is 42.5 Å². The molecule has 29 heavy (non-hydrogen) atoms. The zero-order valence-electron chi connectivity index (χ0n) is 16.4. The number of carbonyl (C=O) groups is 2. The van der Waals surface area contributed by atoms with Crippen LogP contribution in [0.3, 0.4) is 0 Å². The fraction of sp³-hybridized carbons (Fsp3) is 0.300. The van der Waals surface area contributed by atoms with Crippen molar-refractivity contribution in [3.8, 4) is 0 Å². The zero-order valence-corrected chi connectivity index (χ0v) is 17.2. The summed E-state index contributed by atoms with van der Waals surface area (Å²) in [5, 5.41) is 2.61. The maximum Gasteiger partial charge on any atom is 0.338 e. The molecule has 0 heterocycles. The molecule has 0 aromatic heterocycles. The average Bonchev–Trinajstić information content (AvgIpc) is 2.66. The number of rotatable bonds is 8. The van der Waals surface area contributed by atoms with Crippen LogP contribution in [0.4, 0.5) is 15.8 Å². The Kier molecular flexibility index (Phi) is 7.33. The molecule has 2 aromatic carbocycles. The largest absolute Gasteiger partial charge is 0.462 e. The highest BCUT2D eigenvalue weighted by Crippen LogP contribution is 2.26. The van der Waals surface area contributed by atoms with Crippen molar-refractivity contribution in [1.29, 1.82) is 0 Å². The SMILES string of the molecule is CCOC(=O)c1ccc(NC(=O)[C@H](CC)N(c2ccccc2F)S(C)(=O)=O)cc1. The first kappa shape index (κ1) is 22.4. The number of nitrogens with one attached hydrogen (secondary N) is 1. The number of sulfonamides is 1. The van der Waals surface area contributed by atoms with Crippen molar-refractivity contribution in [2.75, 3.05) is 22.5 Å². The molecule has 0 unspecified atom stereocenters. The van der Waals surface area contributed by atoms with Crippen LogP contribution in [0.25, 0.3) is 0 Å². The van der Waals surface area contributed by atoms with Crippen molar-refractivity contribution in [2.24, 2.45) is 0 Å². The maximum absolute atomic E-state index is 14.3. The lowest BCUT2D eigenvalue weighted by molar-refractivity contribution is -0.117. The van der Waals surface area contributed by atoms with Gasteiger partial charge in [-0.2, -0.15) is 0 Å². The Labute approximate surface area is 169 Å². The summed E-state index contributed by atoms with van der Waals surface area (Å²) in [4.78, 5) is 24.5. The summed E-state index contributed by atoms with van der Waals surface area (Å²) in [5.74, 6) is -1.85. The number of amides is 1. The third-order valence-corrected chi connectivity index (χ3v) is 5.25. The van der Waals surface area contributed by atoms with E-state index in [4.69, 9.17) is 4.74 Å². The monoisotopic (exact) mass is 422 g/mol. The van der Waals surface area contributed by atoms with Crippen LogP contribution in [0.5, 0.6) is 0 Å². The van der Waals surface area contributed by atoms with Gasteiger partial charge < -0.3 is 10.1 Å². The van der Waals surface area contributed by atoms with E-state index >= 15 is 0 Å². The molecule has 0 aliphatic carbocycles. The minimum absolute atomic E-state index is 0.119. The minimum Gasteiger partial charge on any atom is -0.462 e. The number of ether oxygens (including phenoxy) is 1. The molecule has 9 heteroatoms. The van der Waals surface area contributed by atoms with Crippen molar-refractivity contribution in [3.05, 3.63) is 59.9 Å². The van der Waals surface area contributed by atoms with E-state index in [9.17, 15) is 22.4 Å². The number of hydrogen-bond donors (Lipinski definition) is 1. The summed E-state index contributed by atoms with van der Waals surface area (Å²) in [7, 11) is -3.94. The van der Waals surface area contributed by atoms with Crippen LogP contribution in [0, 0.1) is 5.82 Å². The molecule has 0 aliphatic heterocycles. The second-order valence-corrected chi connectivity index (χ2v) is 8.08. The van der Waals surface area contributed by atoms with Crippen molar-refractivity contribution in [2.45, 2.75) is 26.3 Å². The highest BCUT2D eigenvalue weighted by molar-refractivity contribution is 7.92. The van der Waals surface area contributed by atoms with Crippen LogP contribution < -0.4 is 9.62 Å². The number of halogens is 1. The maximum atomic E-state index is 14.3. The van der Waals surface area contributed by atoms with Crippen LogP contribution in [0.1, 0.15) is 30.6 Å². The second-order valence-electron chi connectivity index (χ2n) is 6.22. The van der Waals surface area contributed by atoms with Gasteiger partial charge in [0, 0.05) is 5.69 Å². The van der Waals surface area contributed by atoms with E-state index in [1.54, 1.807) is 13.8 Å². The van der Waals surface area contributed by atoms with Gasteiger partial charge in [-0.15, -0.1) is 0 Å². The molecule has 0 saturated heterocycles. The second kappa shape index (κ2) is 9.51. The molecule has 0 fully saturated rings. The Hall–Kier alpha value is -2.94. The number of hydrogen-bond acceptors (Lipinski definition) is 5. The summed E-state index contributed by atoms with van der Waals surface area (Å²) in [6.45, 7) is 3.57. The van der Waals surface area contributed by atoms with E-state index in [1.807, 2.05) is 0 Å². The lowest BCUT2D eigenvalue weighted by atomic mass is 10.1. The van der Waals surface area contributed by atoms with Gasteiger partial charge in [0.05, 0.1) is 24.1 Å². The van der Waals surface area contributed by atoms with E-state index in [0.29, 0.717) is 11.3 Å². The zero-order chi connectivity index (χ0) is 21.6. The fourth-order valence-corrected chi connectivity index (χ4v) is 4.01. The summed E-state index contributed by atoms with van der Waals surface area (Å²) in [6, 6.07) is 10.2. The molecule has 1 N–H and O–H groups in total. The number of anilines is 2. The number of para-hydroxylation sites is 1. The minimum atomic E-state index is -3.94. The number of nitrogens with zero attached hydrogens (tertiary/aromatic N) is 1. The van der Waals surface area contributed by atoms with Gasteiger partial charge >= 0.3 is 5.97 Å². The van der Waals surface area contributed by atoms with Crippen LogP contribution >= 0.6 is 0 Å². The van der Waals surface area contributed by atoms with Gasteiger partial charge in [-0.05, 0) is 49.7 Å². The van der Waals surface area contributed by atoms with Crippen LogP contribution in [-0.4, -0.2) is 39.2 Å². The molecule has 7 nitrogen and oxygen atoms in total. The molecule has 0 aliphatic rings. The molecule has 2 rings (SSSR count). The fourth-order valence-electron chi connectivity index (χ4n) is 2.80. The first-order valence-corrected chi connectivity index (χ1v) is 10.9. The molecule has 0 saturated carbocycles. The predicted octanol–water partition coefficient (Wildman–Crippen LogP) is 3.19. The Morgan fingerprint density at radius 1 is 1.10 bits per heavy atom. The number of esters is 1. The molecule has 1 atom stereocenters. The summed E-state index contributed by atoms with van der Waals surface area (Å²) >= 11 is 0. The average molecular weight is 422 g/mol. The Morgan fingerprint density at radius 2 is 1.72 bits per heavy atom. The van der Waals surface area contributed by atoms with Crippen molar-refractivity contribution in [3.63, 3.8) is 0 Å². The van der Waals surface area contributed by atoms with Crippen LogP contribution in [0.15, 0.2) is 48.5 Å². The molecular formula is C20H23FN2O5S. The number of benzene rings is 2. The van der Waals surface area contributed by atoms with Gasteiger partial charge in [-0.3, -0.25) is 9.10 Å². The molecular weight excluding hydrogens is 399 g/mol. The lowest BCUT2D eigenvalue weighted by Crippen LogP contribution is -2.47.